The molecule has 0 aliphatic rings. The molecule has 0 saturated heterocycles. The summed E-state index contributed by atoms with van der Waals surface area (Å²) in [5.41, 5.74) is 0. The molecule has 0 aliphatic carbocycles. The minimum absolute atomic E-state index is 0. The van der Waals surface area contributed by atoms with Crippen LogP contribution in [0.4, 0.5) is 0 Å². The van der Waals surface area contributed by atoms with Gasteiger partial charge >= 0.3 is 0 Å². The summed E-state index contributed by atoms with van der Waals surface area (Å²) in [5.74, 6) is 0. The summed E-state index contributed by atoms with van der Waals surface area (Å²) in [4.78, 5) is 1.78. The van der Waals surface area contributed by atoms with Gasteiger partial charge in [-0.2, -0.15) is 0 Å². The highest BCUT2D eigenvalue weighted by molar-refractivity contribution is 4.52. The maximum atomic E-state index is 2.42. The average molecular weight is 572 g/mol. The molecule has 1 unspecified atom stereocenters. The number of halogens is 1. The van der Waals surface area contributed by atoms with Gasteiger partial charge in [0.05, 0.1) is 20.1 Å². The fraction of sp³-hybridized carbons (Fsp3) is 1.00. The molecule has 2 heteroatoms. The summed E-state index contributed by atoms with van der Waals surface area (Å²) in [6.07, 6.45) is 47.1. The first-order valence-corrected chi connectivity index (χ1v) is 18.6. The van der Waals surface area contributed by atoms with Gasteiger partial charge in [-0.1, -0.05) is 194 Å². The van der Waals surface area contributed by atoms with Crippen LogP contribution in [0.25, 0.3) is 0 Å². The molecular formula is C37H78ClN. The van der Waals surface area contributed by atoms with E-state index in [4.69, 9.17) is 0 Å². The molecule has 39 heavy (non-hydrogen) atoms. The van der Waals surface area contributed by atoms with Crippen molar-refractivity contribution in [3.05, 3.63) is 0 Å². The molecule has 0 aliphatic heterocycles. The van der Waals surface area contributed by atoms with Crippen LogP contribution in [0.1, 0.15) is 219 Å². The molecule has 0 heterocycles. The summed E-state index contributed by atoms with van der Waals surface area (Å²) < 4.78 is 0. The van der Waals surface area contributed by atoms with E-state index in [0.29, 0.717) is 0 Å². The van der Waals surface area contributed by atoms with E-state index >= 15 is 0 Å². The molecule has 1 nitrogen and oxygen atoms in total. The summed E-state index contributed by atoms with van der Waals surface area (Å²) in [7, 11) is 2.42. The molecule has 0 saturated carbocycles. The largest absolute Gasteiger partial charge is 1.00 e. The molecule has 0 radical (unpaired) electrons. The predicted molar refractivity (Wildman–Crippen MR) is 176 cm³/mol. The lowest BCUT2D eigenvalue weighted by Crippen LogP contribution is -3.09. The Labute approximate surface area is 256 Å². The summed E-state index contributed by atoms with van der Waals surface area (Å²) in [5, 5.41) is 0. The van der Waals surface area contributed by atoms with Gasteiger partial charge in [0, 0.05) is 0 Å². The van der Waals surface area contributed by atoms with Crippen molar-refractivity contribution in [2.75, 3.05) is 20.1 Å². The fourth-order valence-electron chi connectivity index (χ4n) is 6.07. The fourth-order valence-corrected chi connectivity index (χ4v) is 6.07. The average Bonchev–Trinajstić information content (AvgIpc) is 2.92. The zero-order valence-electron chi connectivity index (χ0n) is 27.9. The number of hydrogen-bond donors (Lipinski definition) is 1. The smallest absolute Gasteiger partial charge is 0.0768 e. The van der Waals surface area contributed by atoms with Crippen LogP contribution < -0.4 is 17.3 Å². The predicted octanol–water partition coefficient (Wildman–Crippen LogP) is 9.03. The number of hydrogen-bond acceptors (Lipinski definition) is 0. The maximum Gasteiger partial charge on any atom is 0.0768 e. The topological polar surface area (TPSA) is 4.44 Å². The lowest BCUT2D eigenvalue weighted by molar-refractivity contribution is -0.880. The highest BCUT2D eigenvalue weighted by Gasteiger charge is 2.02. The second kappa shape index (κ2) is 38.2. The Morgan fingerprint density at radius 2 is 0.410 bits per heavy atom. The Hall–Kier alpha value is 0.250. The summed E-state index contributed by atoms with van der Waals surface area (Å²) in [6.45, 7) is 7.41. The molecule has 0 fully saturated rings. The Morgan fingerprint density at radius 3 is 0.590 bits per heavy atom. The first kappa shape index (κ1) is 41.4. The van der Waals surface area contributed by atoms with Crippen molar-refractivity contribution in [3.63, 3.8) is 0 Å². The first-order valence-electron chi connectivity index (χ1n) is 18.6. The van der Waals surface area contributed by atoms with Crippen LogP contribution in [0, 0.1) is 0 Å². The van der Waals surface area contributed by atoms with Gasteiger partial charge in [0.25, 0.3) is 0 Å². The highest BCUT2D eigenvalue weighted by atomic mass is 35.5. The van der Waals surface area contributed by atoms with Crippen LogP contribution in [0.15, 0.2) is 0 Å². The first-order chi connectivity index (χ1) is 18.8. The normalized spacial score (nSPS) is 12.1. The summed E-state index contributed by atoms with van der Waals surface area (Å²) in [6, 6.07) is 0. The van der Waals surface area contributed by atoms with E-state index in [9.17, 15) is 0 Å². The molecule has 1 atom stereocenters. The SMILES string of the molecule is CCCCCCCCCCCCCCCCCCCCCCCC[NH+](C)CCCCCCCCCCCC.[Cl-]. The molecule has 0 aromatic rings. The monoisotopic (exact) mass is 572 g/mol. The van der Waals surface area contributed by atoms with E-state index in [-0.39, 0.29) is 12.4 Å². The number of rotatable bonds is 34. The van der Waals surface area contributed by atoms with Crippen LogP contribution in [-0.2, 0) is 0 Å². The van der Waals surface area contributed by atoms with Gasteiger partial charge in [-0.05, 0) is 25.7 Å². The summed E-state index contributed by atoms with van der Waals surface area (Å²) >= 11 is 0. The van der Waals surface area contributed by atoms with Gasteiger partial charge in [0.1, 0.15) is 0 Å². The standard InChI is InChI=1S/C37H77N.ClH/c1-4-6-8-10-12-14-16-17-18-19-20-21-22-23-24-25-26-27-29-31-33-35-37-38(3)36-34-32-30-28-15-13-11-9-7-5-2;/h4-37H2,1-3H3;1H. The second-order valence-corrected chi connectivity index (χ2v) is 13.1. The van der Waals surface area contributed by atoms with Crippen molar-refractivity contribution in [2.45, 2.75) is 219 Å². The van der Waals surface area contributed by atoms with E-state index in [2.05, 4.69) is 20.9 Å². The third kappa shape index (κ3) is 38.2. The van der Waals surface area contributed by atoms with Crippen LogP contribution in [0.2, 0.25) is 0 Å². The Balaban J connectivity index is 0. The molecule has 0 spiro atoms. The molecule has 1 N–H and O–H groups in total. The molecule has 0 bridgehead atoms. The van der Waals surface area contributed by atoms with Crippen molar-refractivity contribution in [3.8, 4) is 0 Å². The molecule has 0 rings (SSSR count). The van der Waals surface area contributed by atoms with Gasteiger partial charge < -0.3 is 17.3 Å². The van der Waals surface area contributed by atoms with Gasteiger partial charge in [0.15, 0.2) is 0 Å². The number of nitrogens with one attached hydrogen (secondary N) is 1. The van der Waals surface area contributed by atoms with E-state index in [1.807, 2.05) is 0 Å². The third-order valence-corrected chi connectivity index (χ3v) is 8.91. The second-order valence-electron chi connectivity index (χ2n) is 13.1. The molecule has 0 amide bonds. The van der Waals surface area contributed by atoms with Gasteiger partial charge in [-0.25, -0.2) is 0 Å². The minimum Gasteiger partial charge on any atom is -1.00 e. The molecular weight excluding hydrogens is 494 g/mol. The Kier molecular flexibility index (Phi) is 40.6. The molecule has 0 aromatic heterocycles. The van der Waals surface area contributed by atoms with E-state index in [1.165, 1.54) is 219 Å². The van der Waals surface area contributed by atoms with Gasteiger partial charge in [-0.3, -0.25) is 0 Å². The van der Waals surface area contributed by atoms with Crippen LogP contribution in [0.3, 0.4) is 0 Å². The lowest BCUT2D eigenvalue weighted by atomic mass is 10.0. The van der Waals surface area contributed by atoms with E-state index in [1.54, 1.807) is 4.90 Å². The lowest BCUT2D eigenvalue weighted by Gasteiger charge is -2.13. The van der Waals surface area contributed by atoms with Crippen molar-refractivity contribution in [1.82, 2.24) is 0 Å². The number of quaternary nitrogens is 1. The zero-order chi connectivity index (χ0) is 27.6. The zero-order valence-corrected chi connectivity index (χ0v) is 28.7. The van der Waals surface area contributed by atoms with Crippen LogP contribution in [0.5, 0.6) is 0 Å². The van der Waals surface area contributed by atoms with E-state index in [0.717, 1.165) is 0 Å². The van der Waals surface area contributed by atoms with Crippen molar-refractivity contribution in [1.29, 1.82) is 0 Å². The van der Waals surface area contributed by atoms with Crippen molar-refractivity contribution < 1.29 is 17.3 Å². The Morgan fingerprint density at radius 1 is 0.256 bits per heavy atom. The molecule has 238 valence electrons. The van der Waals surface area contributed by atoms with Gasteiger partial charge in [0.2, 0.25) is 0 Å². The third-order valence-electron chi connectivity index (χ3n) is 8.91. The van der Waals surface area contributed by atoms with Crippen molar-refractivity contribution in [2.24, 2.45) is 0 Å². The van der Waals surface area contributed by atoms with Gasteiger partial charge in [-0.15, -0.1) is 0 Å². The molecule has 0 aromatic carbocycles. The van der Waals surface area contributed by atoms with Crippen LogP contribution in [-0.4, -0.2) is 20.1 Å². The quantitative estimate of drug-likeness (QED) is 0.0734. The van der Waals surface area contributed by atoms with Crippen molar-refractivity contribution >= 4 is 0 Å². The number of unbranched alkanes of at least 4 members (excludes halogenated alkanes) is 30. The highest BCUT2D eigenvalue weighted by Crippen LogP contribution is 2.15. The minimum atomic E-state index is 0. The Bertz CT molecular complexity index is 399. The van der Waals surface area contributed by atoms with E-state index < -0.39 is 0 Å². The maximum absolute atomic E-state index is 2.42. The van der Waals surface area contributed by atoms with Crippen LogP contribution >= 0.6 is 0 Å².